The topological polar surface area (TPSA) is 50.4 Å². The molecule has 1 amide bonds. The van der Waals surface area contributed by atoms with Gasteiger partial charge in [-0.1, -0.05) is 0 Å². The SMILES string of the molecule is O=C(NCCOCC(F)(F)F)C1CSCCN1. The highest BCUT2D eigenvalue weighted by Crippen LogP contribution is 2.14. The minimum atomic E-state index is -4.31. The highest BCUT2D eigenvalue weighted by molar-refractivity contribution is 7.99. The lowest BCUT2D eigenvalue weighted by Crippen LogP contribution is -2.49. The largest absolute Gasteiger partial charge is 0.411 e. The van der Waals surface area contributed by atoms with E-state index in [9.17, 15) is 18.0 Å². The molecule has 0 aromatic heterocycles. The van der Waals surface area contributed by atoms with E-state index in [-0.39, 0.29) is 25.1 Å². The normalized spacial score (nSPS) is 21.2. The van der Waals surface area contributed by atoms with E-state index >= 15 is 0 Å². The average Bonchev–Trinajstić information content (AvgIpc) is 2.28. The van der Waals surface area contributed by atoms with Crippen molar-refractivity contribution < 1.29 is 22.7 Å². The Bertz CT molecular complexity index is 245. The number of hydrogen-bond acceptors (Lipinski definition) is 4. The molecular weight excluding hydrogens is 257 g/mol. The Labute approximate surface area is 102 Å². The molecule has 0 aromatic carbocycles. The third-order valence-corrected chi connectivity index (χ3v) is 3.11. The molecule has 0 bridgehead atoms. The van der Waals surface area contributed by atoms with Crippen molar-refractivity contribution in [2.24, 2.45) is 0 Å². The summed E-state index contributed by atoms with van der Waals surface area (Å²) >= 11 is 1.68. The Morgan fingerprint density at radius 1 is 1.53 bits per heavy atom. The van der Waals surface area contributed by atoms with Gasteiger partial charge in [-0.05, 0) is 0 Å². The Balaban J connectivity index is 2.04. The van der Waals surface area contributed by atoms with Gasteiger partial charge in [-0.25, -0.2) is 0 Å². The predicted octanol–water partition coefficient (Wildman–Crippen LogP) is 0.386. The lowest BCUT2D eigenvalue weighted by molar-refractivity contribution is -0.173. The molecular formula is C9H15F3N2O2S. The number of rotatable bonds is 5. The van der Waals surface area contributed by atoms with E-state index in [1.165, 1.54) is 0 Å². The molecule has 0 radical (unpaired) electrons. The van der Waals surface area contributed by atoms with Gasteiger partial charge in [0, 0.05) is 24.6 Å². The number of nitrogens with one attached hydrogen (secondary N) is 2. The number of alkyl halides is 3. The van der Waals surface area contributed by atoms with Crippen molar-refractivity contribution in [2.45, 2.75) is 12.2 Å². The van der Waals surface area contributed by atoms with E-state index in [0.717, 1.165) is 12.3 Å². The molecule has 1 atom stereocenters. The van der Waals surface area contributed by atoms with Gasteiger partial charge in [0.1, 0.15) is 6.61 Å². The second kappa shape index (κ2) is 7.07. The van der Waals surface area contributed by atoms with Crippen LogP contribution < -0.4 is 10.6 Å². The van der Waals surface area contributed by atoms with Gasteiger partial charge in [0.25, 0.3) is 0 Å². The quantitative estimate of drug-likeness (QED) is 0.711. The first-order valence-corrected chi connectivity index (χ1v) is 6.38. The minimum absolute atomic E-state index is 0.0950. The van der Waals surface area contributed by atoms with E-state index in [1.807, 2.05) is 0 Å². The number of hydrogen-bond donors (Lipinski definition) is 2. The van der Waals surface area contributed by atoms with Gasteiger partial charge < -0.3 is 15.4 Å². The second-order valence-electron chi connectivity index (χ2n) is 3.54. The molecule has 1 rings (SSSR count). The van der Waals surface area contributed by atoms with Gasteiger partial charge in [0.2, 0.25) is 5.91 Å². The summed E-state index contributed by atoms with van der Waals surface area (Å²) in [4.78, 5) is 11.5. The van der Waals surface area contributed by atoms with E-state index in [0.29, 0.717) is 5.75 Å². The molecule has 1 fully saturated rings. The van der Waals surface area contributed by atoms with E-state index in [4.69, 9.17) is 0 Å². The van der Waals surface area contributed by atoms with Crippen molar-refractivity contribution in [1.82, 2.24) is 10.6 Å². The third-order valence-electron chi connectivity index (χ3n) is 2.05. The number of thioether (sulfide) groups is 1. The van der Waals surface area contributed by atoms with Crippen LogP contribution in [0.15, 0.2) is 0 Å². The Morgan fingerprint density at radius 2 is 2.29 bits per heavy atom. The van der Waals surface area contributed by atoms with Crippen LogP contribution in [-0.2, 0) is 9.53 Å². The van der Waals surface area contributed by atoms with Crippen LogP contribution in [0.1, 0.15) is 0 Å². The van der Waals surface area contributed by atoms with Crippen LogP contribution in [0.4, 0.5) is 13.2 Å². The summed E-state index contributed by atoms with van der Waals surface area (Å²) in [5.41, 5.74) is 0. The van der Waals surface area contributed by atoms with E-state index in [2.05, 4.69) is 15.4 Å². The molecule has 0 aliphatic carbocycles. The number of carbonyl (C=O) groups excluding carboxylic acids is 1. The molecule has 1 aliphatic heterocycles. The summed E-state index contributed by atoms with van der Waals surface area (Å²) in [5.74, 6) is 1.47. The molecule has 2 N–H and O–H groups in total. The van der Waals surface area contributed by atoms with Gasteiger partial charge in [0.15, 0.2) is 0 Å². The maximum atomic E-state index is 11.7. The fraction of sp³-hybridized carbons (Fsp3) is 0.889. The second-order valence-corrected chi connectivity index (χ2v) is 4.69. The maximum Gasteiger partial charge on any atom is 0.411 e. The van der Waals surface area contributed by atoms with E-state index in [1.54, 1.807) is 11.8 Å². The molecule has 0 spiro atoms. The first kappa shape index (κ1) is 14.6. The summed E-state index contributed by atoms with van der Waals surface area (Å²) in [6.07, 6.45) is -4.31. The lowest BCUT2D eigenvalue weighted by atomic mass is 10.3. The Kier molecular flexibility index (Phi) is 6.07. The van der Waals surface area contributed by atoms with Crippen LogP contribution >= 0.6 is 11.8 Å². The van der Waals surface area contributed by atoms with Gasteiger partial charge in [0.05, 0.1) is 12.6 Å². The van der Waals surface area contributed by atoms with Crippen LogP contribution in [0, 0.1) is 0 Å². The fourth-order valence-corrected chi connectivity index (χ4v) is 2.23. The smallest absolute Gasteiger partial charge is 0.370 e. The summed E-state index contributed by atoms with van der Waals surface area (Å²) in [6, 6.07) is -0.253. The van der Waals surface area contributed by atoms with Crippen molar-refractivity contribution in [1.29, 1.82) is 0 Å². The third kappa shape index (κ3) is 6.75. The van der Waals surface area contributed by atoms with Crippen LogP contribution in [0.25, 0.3) is 0 Å². The predicted molar refractivity (Wildman–Crippen MR) is 59.0 cm³/mol. The van der Waals surface area contributed by atoms with Crippen LogP contribution in [0.3, 0.4) is 0 Å². The highest BCUT2D eigenvalue weighted by atomic mass is 32.2. The van der Waals surface area contributed by atoms with Gasteiger partial charge in [-0.2, -0.15) is 24.9 Å². The summed E-state index contributed by atoms with van der Waals surface area (Å²) in [7, 11) is 0. The van der Waals surface area contributed by atoms with Gasteiger partial charge in [-0.15, -0.1) is 0 Å². The van der Waals surface area contributed by atoms with E-state index < -0.39 is 12.8 Å². The molecule has 1 unspecified atom stereocenters. The number of amides is 1. The highest BCUT2D eigenvalue weighted by Gasteiger charge is 2.27. The molecule has 100 valence electrons. The van der Waals surface area contributed by atoms with Crippen molar-refractivity contribution >= 4 is 17.7 Å². The zero-order chi connectivity index (χ0) is 12.7. The first-order chi connectivity index (χ1) is 7.99. The standard InChI is InChI=1S/C9H15F3N2O2S/c10-9(11,12)6-16-3-1-14-8(15)7-5-17-4-2-13-7/h7,13H,1-6H2,(H,14,15). The number of ether oxygens (including phenoxy) is 1. The van der Waals surface area contributed by atoms with Crippen LogP contribution in [-0.4, -0.2) is 55.9 Å². The van der Waals surface area contributed by atoms with Gasteiger partial charge in [-0.3, -0.25) is 4.79 Å². The molecule has 1 saturated heterocycles. The molecule has 1 heterocycles. The van der Waals surface area contributed by atoms with Crippen molar-refractivity contribution in [3.8, 4) is 0 Å². The van der Waals surface area contributed by atoms with Crippen molar-refractivity contribution in [3.63, 3.8) is 0 Å². The first-order valence-electron chi connectivity index (χ1n) is 5.22. The number of carbonyl (C=O) groups is 1. The molecule has 4 nitrogen and oxygen atoms in total. The summed E-state index contributed by atoms with van der Waals surface area (Å²) < 4.78 is 39.5. The zero-order valence-electron chi connectivity index (χ0n) is 9.18. The lowest BCUT2D eigenvalue weighted by Gasteiger charge is -2.22. The molecule has 1 aliphatic rings. The molecule has 8 heteroatoms. The molecule has 0 aromatic rings. The van der Waals surface area contributed by atoms with Crippen molar-refractivity contribution in [3.05, 3.63) is 0 Å². The monoisotopic (exact) mass is 272 g/mol. The van der Waals surface area contributed by atoms with Gasteiger partial charge >= 0.3 is 6.18 Å². The summed E-state index contributed by atoms with van der Waals surface area (Å²) in [5, 5.41) is 5.56. The Morgan fingerprint density at radius 3 is 2.88 bits per heavy atom. The average molecular weight is 272 g/mol. The molecule has 17 heavy (non-hydrogen) atoms. The number of halogens is 3. The fourth-order valence-electron chi connectivity index (χ4n) is 1.29. The minimum Gasteiger partial charge on any atom is -0.370 e. The van der Waals surface area contributed by atoms with Crippen LogP contribution in [0.2, 0.25) is 0 Å². The summed E-state index contributed by atoms with van der Waals surface area (Å²) in [6.45, 7) is -0.545. The maximum absolute atomic E-state index is 11.7. The zero-order valence-corrected chi connectivity index (χ0v) is 10.00. The van der Waals surface area contributed by atoms with Crippen molar-refractivity contribution in [2.75, 3.05) is 37.8 Å². The Hall–Kier alpha value is -0.470. The van der Waals surface area contributed by atoms with Crippen LogP contribution in [0.5, 0.6) is 0 Å². The molecule has 0 saturated carbocycles.